The third-order valence-corrected chi connectivity index (χ3v) is 1.73. The van der Waals surface area contributed by atoms with Crippen LogP contribution in [0.4, 0.5) is 11.4 Å². The summed E-state index contributed by atoms with van der Waals surface area (Å²) in [6.07, 6.45) is 0.654. The first-order valence-corrected chi connectivity index (χ1v) is 3.89. The van der Waals surface area contributed by atoms with E-state index >= 15 is 0 Å². The van der Waals surface area contributed by atoms with Gasteiger partial charge in [-0.2, -0.15) is 0 Å². The second-order valence-corrected chi connectivity index (χ2v) is 2.70. The van der Waals surface area contributed by atoms with Crippen molar-refractivity contribution in [2.45, 2.75) is 6.42 Å². The lowest BCUT2D eigenvalue weighted by atomic mass is 10.1. The van der Waals surface area contributed by atoms with Gasteiger partial charge in [-0.15, -0.1) is 0 Å². The van der Waals surface area contributed by atoms with Crippen molar-refractivity contribution >= 4 is 11.4 Å². The standard InChI is InChI=1S/C8H12N3O2/c9-4-3-6-1-2-7(10)8(5-6)11(12)13/h1-2,5,12H,3-4,9-10H2/q-1. The van der Waals surface area contributed by atoms with Gasteiger partial charge in [0.05, 0.1) is 11.4 Å². The number of hydrogen-bond donors (Lipinski definition) is 3. The minimum absolute atomic E-state index is 0.0611. The molecule has 0 heterocycles. The molecule has 5 nitrogen and oxygen atoms in total. The van der Waals surface area contributed by atoms with Gasteiger partial charge in [-0.1, -0.05) is 6.07 Å². The molecule has 0 aromatic heterocycles. The van der Waals surface area contributed by atoms with E-state index in [2.05, 4.69) is 0 Å². The van der Waals surface area contributed by atoms with Crippen LogP contribution in [0.5, 0.6) is 0 Å². The maximum absolute atomic E-state index is 10.6. The Bertz CT molecular complexity index is 289. The zero-order valence-electron chi connectivity index (χ0n) is 7.10. The molecule has 0 aliphatic carbocycles. The van der Waals surface area contributed by atoms with E-state index in [4.69, 9.17) is 16.7 Å². The van der Waals surface area contributed by atoms with Crippen LogP contribution in [0, 0.1) is 5.21 Å². The molecule has 0 unspecified atom stereocenters. The number of nitrogens with zero attached hydrogens (tertiary/aromatic N) is 1. The molecule has 0 aliphatic rings. The molecule has 0 amide bonds. The summed E-state index contributed by atoms with van der Waals surface area (Å²) in [5.74, 6) is 0. The van der Waals surface area contributed by atoms with Gasteiger partial charge in [0.25, 0.3) is 0 Å². The fourth-order valence-corrected chi connectivity index (χ4v) is 1.08. The predicted molar refractivity (Wildman–Crippen MR) is 51.2 cm³/mol. The molecule has 0 aliphatic heterocycles. The number of hydrogen-bond acceptors (Lipinski definition) is 5. The highest BCUT2D eigenvalue weighted by atomic mass is 16.8. The Kier molecular flexibility index (Phi) is 3.07. The van der Waals surface area contributed by atoms with Gasteiger partial charge in [0.1, 0.15) is 0 Å². The minimum atomic E-state index is -0.241. The number of nitrogen functional groups attached to an aromatic ring is 1. The van der Waals surface area contributed by atoms with Crippen molar-refractivity contribution in [3.63, 3.8) is 0 Å². The van der Waals surface area contributed by atoms with Crippen LogP contribution in [0.2, 0.25) is 0 Å². The van der Waals surface area contributed by atoms with Gasteiger partial charge in [-0.25, -0.2) is 0 Å². The maximum atomic E-state index is 10.6. The number of rotatable bonds is 3. The van der Waals surface area contributed by atoms with Gasteiger partial charge in [0.15, 0.2) is 0 Å². The molecular weight excluding hydrogens is 170 g/mol. The third-order valence-electron chi connectivity index (χ3n) is 1.73. The van der Waals surface area contributed by atoms with E-state index in [9.17, 15) is 5.21 Å². The largest absolute Gasteiger partial charge is 0.733 e. The Morgan fingerprint density at radius 1 is 1.46 bits per heavy atom. The van der Waals surface area contributed by atoms with E-state index in [0.29, 0.717) is 13.0 Å². The summed E-state index contributed by atoms with van der Waals surface area (Å²) in [4.78, 5) is 0. The molecule has 5 N–H and O–H groups in total. The van der Waals surface area contributed by atoms with Gasteiger partial charge in [-0.05, 0) is 30.7 Å². The SMILES string of the molecule is NCCc1ccc(N)c(N([O-])O)c1. The molecule has 72 valence electrons. The topological polar surface area (TPSA) is 98.6 Å². The average molecular weight is 182 g/mol. The van der Waals surface area contributed by atoms with Crippen LogP contribution >= 0.6 is 0 Å². The van der Waals surface area contributed by atoms with Crippen LogP contribution < -0.4 is 16.7 Å². The van der Waals surface area contributed by atoms with Gasteiger partial charge in [0, 0.05) is 0 Å². The highest BCUT2D eigenvalue weighted by molar-refractivity contribution is 5.67. The fraction of sp³-hybridized carbons (Fsp3) is 0.250. The van der Waals surface area contributed by atoms with Crippen molar-refractivity contribution in [2.75, 3.05) is 17.5 Å². The van der Waals surface area contributed by atoms with Crippen LogP contribution in [0.3, 0.4) is 0 Å². The summed E-state index contributed by atoms with van der Waals surface area (Å²) >= 11 is 0. The van der Waals surface area contributed by atoms with E-state index in [1.54, 1.807) is 12.1 Å². The maximum Gasteiger partial charge on any atom is 0.0741 e. The second-order valence-electron chi connectivity index (χ2n) is 2.70. The van der Waals surface area contributed by atoms with Crippen LogP contribution in [-0.2, 0) is 6.42 Å². The van der Waals surface area contributed by atoms with Gasteiger partial charge in [0.2, 0.25) is 0 Å². The van der Waals surface area contributed by atoms with Crippen LogP contribution in [0.15, 0.2) is 18.2 Å². The predicted octanol–water partition coefficient (Wildman–Crippen LogP) is 0.463. The first kappa shape index (κ1) is 9.79. The summed E-state index contributed by atoms with van der Waals surface area (Å²) in [6.45, 7) is 0.494. The van der Waals surface area contributed by atoms with Crippen LogP contribution in [0.25, 0.3) is 0 Å². The van der Waals surface area contributed by atoms with E-state index in [1.807, 2.05) is 0 Å². The molecule has 0 atom stereocenters. The Labute approximate surface area is 76.1 Å². The molecule has 0 fully saturated rings. The molecule has 0 spiro atoms. The average Bonchev–Trinajstić information content (AvgIpc) is 2.08. The summed E-state index contributed by atoms with van der Waals surface area (Å²) < 4.78 is 0. The minimum Gasteiger partial charge on any atom is -0.733 e. The molecule has 0 saturated carbocycles. The summed E-state index contributed by atoms with van der Waals surface area (Å²) in [5, 5.41) is 19.0. The normalized spacial score (nSPS) is 10.1. The van der Waals surface area contributed by atoms with Crippen molar-refractivity contribution in [1.29, 1.82) is 0 Å². The third kappa shape index (κ3) is 2.32. The van der Waals surface area contributed by atoms with Crippen molar-refractivity contribution in [1.82, 2.24) is 0 Å². The molecule has 1 aromatic carbocycles. The van der Waals surface area contributed by atoms with Crippen LogP contribution in [0.1, 0.15) is 5.56 Å². The smallest absolute Gasteiger partial charge is 0.0741 e. The lowest BCUT2D eigenvalue weighted by Crippen LogP contribution is -2.11. The van der Waals surface area contributed by atoms with E-state index in [-0.39, 0.29) is 16.6 Å². The quantitative estimate of drug-likeness (QED) is 0.466. The summed E-state index contributed by atoms with van der Waals surface area (Å²) in [5.41, 5.74) is 12.0. The first-order chi connectivity index (χ1) is 6.15. The molecule has 5 heteroatoms. The molecule has 1 aromatic rings. The van der Waals surface area contributed by atoms with Gasteiger partial charge < -0.3 is 21.9 Å². The number of benzene rings is 1. The van der Waals surface area contributed by atoms with E-state index < -0.39 is 0 Å². The highest BCUT2D eigenvalue weighted by Crippen LogP contribution is 2.22. The van der Waals surface area contributed by atoms with Crippen LogP contribution in [-0.4, -0.2) is 11.8 Å². The van der Waals surface area contributed by atoms with Crippen molar-refractivity contribution in [3.05, 3.63) is 29.0 Å². The number of nitrogens with two attached hydrogens (primary N) is 2. The Morgan fingerprint density at radius 2 is 2.15 bits per heavy atom. The van der Waals surface area contributed by atoms with E-state index in [0.717, 1.165) is 5.56 Å². The Balaban J connectivity index is 2.97. The molecule has 0 radical (unpaired) electrons. The van der Waals surface area contributed by atoms with Gasteiger partial charge >= 0.3 is 0 Å². The van der Waals surface area contributed by atoms with E-state index in [1.165, 1.54) is 6.07 Å². The zero-order valence-corrected chi connectivity index (χ0v) is 7.10. The van der Waals surface area contributed by atoms with Crippen molar-refractivity contribution < 1.29 is 5.21 Å². The monoisotopic (exact) mass is 182 g/mol. The Morgan fingerprint density at radius 3 is 2.69 bits per heavy atom. The molecular formula is C8H12N3O2-. The lowest BCUT2D eigenvalue weighted by molar-refractivity contribution is 0.297. The molecule has 0 bridgehead atoms. The lowest BCUT2D eigenvalue weighted by Gasteiger charge is -2.23. The summed E-state index contributed by atoms with van der Waals surface area (Å²) in [6, 6.07) is 4.87. The fourth-order valence-electron chi connectivity index (χ4n) is 1.08. The zero-order chi connectivity index (χ0) is 9.84. The summed E-state index contributed by atoms with van der Waals surface area (Å²) in [7, 11) is 0. The molecule has 0 saturated heterocycles. The number of anilines is 2. The van der Waals surface area contributed by atoms with Crippen molar-refractivity contribution in [2.24, 2.45) is 5.73 Å². The molecule has 13 heavy (non-hydrogen) atoms. The second kappa shape index (κ2) is 4.08. The highest BCUT2D eigenvalue weighted by Gasteiger charge is 2.00. The first-order valence-electron chi connectivity index (χ1n) is 3.89. The van der Waals surface area contributed by atoms with Gasteiger partial charge in [-0.3, -0.25) is 5.21 Å². The van der Waals surface area contributed by atoms with Crippen molar-refractivity contribution in [3.8, 4) is 0 Å². The Hall–Kier alpha value is -1.30. The molecule has 1 rings (SSSR count).